The second-order valence-electron chi connectivity index (χ2n) is 8.12. The first-order valence-corrected chi connectivity index (χ1v) is 11.9. The summed E-state index contributed by atoms with van der Waals surface area (Å²) in [5.41, 5.74) is 5.42. The van der Waals surface area contributed by atoms with Crippen molar-refractivity contribution in [2.24, 2.45) is 0 Å². The lowest BCUT2D eigenvalue weighted by molar-refractivity contribution is 0.0984. The number of amides is 1. The van der Waals surface area contributed by atoms with E-state index in [0.717, 1.165) is 26.9 Å². The molecule has 1 amide bonds. The molecule has 0 radical (unpaired) electrons. The second-order valence-corrected chi connectivity index (χ2v) is 9.54. The number of hydrogen-bond donors (Lipinski definition) is 0. The van der Waals surface area contributed by atoms with Gasteiger partial charge in [-0.05, 0) is 55.7 Å². The number of pyridine rings is 1. The van der Waals surface area contributed by atoms with Gasteiger partial charge in [0.25, 0.3) is 5.91 Å². The number of carbonyl (C=O) groups is 1. The van der Waals surface area contributed by atoms with Crippen LogP contribution in [0.5, 0.6) is 0 Å². The number of aromatic nitrogens is 3. The van der Waals surface area contributed by atoms with Crippen LogP contribution < -0.4 is 4.90 Å². The Kier molecular flexibility index (Phi) is 5.89. The average molecular weight is 489 g/mol. The highest BCUT2D eigenvalue weighted by Gasteiger charge is 2.30. The maximum Gasteiger partial charge on any atom is 0.266 e. The Bertz CT molecular complexity index is 1510. The van der Waals surface area contributed by atoms with Gasteiger partial charge in [0, 0.05) is 18.0 Å². The van der Waals surface area contributed by atoms with Crippen molar-refractivity contribution in [3.8, 4) is 11.3 Å². The van der Waals surface area contributed by atoms with Gasteiger partial charge in [-0.3, -0.25) is 14.7 Å². The summed E-state index contributed by atoms with van der Waals surface area (Å²) in [6.07, 6.45) is 3.46. The minimum atomic E-state index is -0.258. The van der Waals surface area contributed by atoms with E-state index in [4.69, 9.17) is 21.1 Å². The predicted octanol–water partition coefficient (Wildman–Crippen LogP) is 6.77. The summed E-state index contributed by atoms with van der Waals surface area (Å²) in [5.74, 6) is 0.162. The van der Waals surface area contributed by atoms with Crippen LogP contribution in [0.25, 0.3) is 21.5 Å². The van der Waals surface area contributed by atoms with E-state index >= 15 is 0 Å². The van der Waals surface area contributed by atoms with E-state index in [1.165, 1.54) is 11.3 Å². The van der Waals surface area contributed by atoms with E-state index in [-0.39, 0.29) is 5.91 Å². The van der Waals surface area contributed by atoms with Crippen LogP contribution in [0.3, 0.4) is 0 Å². The number of rotatable bonds is 5. The number of nitrogens with zero attached hydrogens (tertiary/aromatic N) is 4. The maximum atomic E-state index is 14.1. The topological polar surface area (TPSA) is 72.1 Å². The summed E-state index contributed by atoms with van der Waals surface area (Å²) in [5, 5.41) is 5.28. The Balaban J connectivity index is 1.65. The molecule has 0 aliphatic heterocycles. The van der Waals surface area contributed by atoms with Crippen LogP contribution in [-0.2, 0) is 6.54 Å². The van der Waals surface area contributed by atoms with Crippen molar-refractivity contribution in [1.82, 2.24) is 15.1 Å². The fraction of sp³-hybridized carbons (Fsp3) is 0.154. The Morgan fingerprint density at radius 3 is 2.71 bits per heavy atom. The molecular weight excluding hydrogens is 468 g/mol. The molecule has 0 unspecified atom stereocenters. The van der Waals surface area contributed by atoms with Crippen molar-refractivity contribution in [1.29, 1.82) is 0 Å². The van der Waals surface area contributed by atoms with Crippen LogP contribution in [0.1, 0.15) is 32.8 Å². The zero-order chi connectivity index (χ0) is 23.8. The van der Waals surface area contributed by atoms with Gasteiger partial charge in [-0.25, -0.2) is 4.98 Å². The normalized spacial score (nSPS) is 11.2. The number of fused-ring (bicyclic) bond motifs is 1. The highest BCUT2D eigenvalue weighted by Crippen LogP contribution is 2.36. The summed E-state index contributed by atoms with van der Waals surface area (Å²) >= 11 is 7.92. The van der Waals surface area contributed by atoms with Crippen LogP contribution in [-0.4, -0.2) is 21.0 Å². The molecule has 0 spiro atoms. The number of hydrogen-bond acceptors (Lipinski definition) is 6. The molecule has 3 aromatic heterocycles. The van der Waals surface area contributed by atoms with Gasteiger partial charge in [0.1, 0.15) is 17.0 Å². The first-order valence-electron chi connectivity index (χ1n) is 10.7. The number of halogens is 1. The lowest BCUT2D eigenvalue weighted by Crippen LogP contribution is -2.31. The van der Waals surface area contributed by atoms with Crippen LogP contribution in [0.4, 0.5) is 5.13 Å². The molecule has 0 saturated heterocycles. The molecule has 6 nitrogen and oxygen atoms in total. The molecule has 0 saturated carbocycles. The maximum absolute atomic E-state index is 14.1. The summed E-state index contributed by atoms with van der Waals surface area (Å²) in [4.78, 5) is 24.8. The molecule has 3 heterocycles. The van der Waals surface area contributed by atoms with Gasteiger partial charge in [0.15, 0.2) is 5.13 Å². The fourth-order valence-electron chi connectivity index (χ4n) is 3.97. The van der Waals surface area contributed by atoms with E-state index in [9.17, 15) is 4.79 Å². The molecule has 0 atom stereocenters. The van der Waals surface area contributed by atoms with Gasteiger partial charge >= 0.3 is 0 Å². The Hall–Kier alpha value is -3.55. The van der Waals surface area contributed by atoms with Gasteiger partial charge in [0.05, 0.1) is 21.8 Å². The van der Waals surface area contributed by atoms with Gasteiger partial charge in [-0.15, -0.1) is 0 Å². The van der Waals surface area contributed by atoms with Gasteiger partial charge < -0.3 is 4.52 Å². The van der Waals surface area contributed by atoms with Crippen LogP contribution in [0.2, 0.25) is 5.02 Å². The lowest BCUT2D eigenvalue weighted by Gasteiger charge is -2.20. The Morgan fingerprint density at radius 2 is 1.94 bits per heavy atom. The molecule has 0 N–H and O–H groups in total. The number of benzene rings is 2. The van der Waals surface area contributed by atoms with E-state index in [1.54, 1.807) is 30.3 Å². The quantitative estimate of drug-likeness (QED) is 0.273. The van der Waals surface area contributed by atoms with E-state index < -0.39 is 0 Å². The molecular formula is C26H21ClN4O2S. The van der Waals surface area contributed by atoms with Gasteiger partial charge in [-0.1, -0.05) is 58.4 Å². The van der Waals surface area contributed by atoms with Gasteiger partial charge in [0.2, 0.25) is 0 Å². The van der Waals surface area contributed by atoms with E-state index in [2.05, 4.69) is 29.2 Å². The van der Waals surface area contributed by atoms with Crippen molar-refractivity contribution in [3.63, 3.8) is 0 Å². The number of aryl methyl sites for hydroxylation is 3. The molecule has 2 aromatic carbocycles. The molecule has 5 rings (SSSR count). The molecule has 34 heavy (non-hydrogen) atoms. The largest absolute Gasteiger partial charge is 0.360 e. The van der Waals surface area contributed by atoms with Crippen molar-refractivity contribution in [2.75, 3.05) is 4.90 Å². The molecule has 5 aromatic rings. The molecule has 8 heteroatoms. The SMILES string of the molecule is Cc1cc(C)c2nc(N(Cc3cccnc3)C(=O)c3c(-c4ccccc4Cl)noc3C)sc2c1. The monoisotopic (exact) mass is 488 g/mol. The summed E-state index contributed by atoms with van der Waals surface area (Å²) in [6, 6.07) is 15.3. The number of anilines is 1. The van der Waals surface area contributed by atoms with E-state index in [0.29, 0.717) is 39.3 Å². The molecule has 0 bridgehead atoms. The summed E-state index contributed by atoms with van der Waals surface area (Å²) in [7, 11) is 0. The lowest BCUT2D eigenvalue weighted by atomic mass is 10.0. The fourth-order valence-corrected chi connectivity index (χ4v) is 5.34. The zero-order valence-electron chi connectivity index (χ0n) is 18.9. The smallest absolute Gasteiger partial charge is 0.266 e. The zero-order valence-corrected chi connectivity index (χ0v) is 20.4. The van der Waals surface area contributed by atoms with Gasteiger partial charge in [-0.2, -0.15) is 0 Å². The highest BCUT2D eigenvalue weighted by atomic mass is 35.5. The molecule has 0 aliphatic rings. The van der Waals surface area contributed by atoms with Crippen molar-refractivity contribution in [2.45, 2.75) is 27.3 Å². The van der Waals surface area contributed by atoms with Crippen LogP contribution >= 0.6 is 22.9 Å². The van der Waals surface area contributed by atoms with Crippen molar-refractivity contribution >= 4 is 44.2 Å². The van der Waals surface area contributed by atoms with E-state index in [1.807, 2.05) is 37.3 Å². The molecule has 0 fully saturated rings. The second kappa shape index (κ2) is 9.00. The number of thiazole rings is 1. The minimum Gasteiger partial charge on any atom is -0.360 e. The third-order valence-corrected chi connectivity index (χ3v) is 6.92. The van der Waals surface area contributed by atoms with Crippen LogP contribution in [0, 0.1) is 20.8 Å². The number of carbonyl (C=O) groups excluding carboxylic acids is 1. The first-order chi connectivity index (χ1) is 16.4. The Labute approximate surface area is 205 Å². The first kappa shape index (κ1) is 22.3. The standard InChI is InChI=1S/C26H21ClN4O2S/c1-15-11-16(2)23-21(12-15)34-26(29-23)31(14-18-7-6-10-28-13-18)25(32)22-17(3)33-30-24(22)19-8-4-5-9-20(19)27/h4-13H,14H2,1-3H3. The Morgan fingerprint density at radius 1 is 1.12 bits per heavy atom. The van der Waals surface area contributed by atoms with Crippen LogP contribution in [0.15, 0.2) is 65.4 Å². The minimum absolute atomic E-state index is 0.258. The molecule has 0 aliphatic carbocycles. The average Bonchev–Trinajstić information content (AvgIpc) is 3.42. The predicted molar refractivity (Wildman–Crippen MR) is 136 cm³/mol. The third-order valence-electron chi connectivity index (χ3n) is 5.56. The molecule has 170 valence electrons. The van der Waals surface area contributed by atoms with Crippen molar-refractivity contribution in [3.05, 3.63) is 94.0 Å². The summed E-state index contributed by atoms with van der Waals surface area (Å²) in [6.45, 7) is 6.12. The third kappa shape index (κ3) is 4.08. The summed E-state index contributed by atoms with van der Waals surface area (Å²) < 4.78 is 6.50. The van der Waals surface area contributed by atoms with Crippen molar-refractivity contribution < 1.29 is 9.32 Å². The highest BCUT2D eigenvalue weighted by molar-refractivity contribution is 7.22.